The number of nitrogens with one attached hydrogen (secondary N) is 1. The molecule has 0 spiro atoms. The van der Waals surface area contributed by atoms with E-state index in [1.54, 1.807) is 30.4 Å². The molecule has 1 aliphatic rings. The van der Waals surface area contributed by atoms with Gasteiger partial charge in [-0.2, -0.15) is 0 Å². The van der Waals surface area contributed by atoms with Crippen molar-refractivity contribution in [2.24, 2.45) is 0 Å². The number of fused-ring (bicyclic) bond motifs is 1. The van der Waals surface area contributed by atoms with E-state index in [1.807, 2.05) is 23.1 Å². The summed E-state index contributed by atoms with van der Waals surface area (Å²) < 4.78 is 0. The monoisotopic (exact) mass is 314 g/mol. The summed E-state index contributed by atoms with van der Waals surface area (Å²) in [5.74, 6) is -0.240. The smallest absolute Gasteiger partial charge is 0.251 e. The molecule has 1 N–H and O–H groups in total. The van der Waals surface area contributed by atoms with Crippen molar-refractivity contribution in [2.45, 2.75) is 25.9 Å². The van der Waals surface area contributed by atoms with Gasteiger partial charge in [0.2, 0.25) is 5.91 Å². The minimum atomic E-state index is -0.520. The SMILES string of the molecule is C[C@H](NC(=O)c1ccccc1)C(=O)N1CCc2sccc2C1. The maximum atomic E-state index is 12.5. The van der Waals surface area contributed by atoms with Crippen LogP contribution in [0.15, 0.2) is 41.8 Å². The third kappa shape index (κ3) is 3.04. The first-order chi connectivity index (χ1) is 10.6. The third-order valence-electron chi connectivity index (χ3n) is 3.87. The predicted molar refractivity (Wildman–Crippen MR) is 86.8 cm³/mol. The van der Waals surface area contributed by atoms with Crippen LogP contribution in [-0.2, 0) is 17.8 Å². The van der Waals surface area contributed by atoms with Crippen LogP contribution < -0.4 is 5.32 Å². The molecule has 1 aliphatic heterocycles. The molecule has 22 heavy (non-hydrogen) atoms. The lowest BCUT2D eigenvalue weighted by Gasteiger charge is -2.29. The van der Waals surface area contributed by atoms with Crippen LogP contribution in [0.3, 0.4) is 0 Å². The fraction of sp³-hybridized carbons (Fsp3) is 0.294. The van der Waals surface area contributed by atoms with Crippen LogP contribution >= 0.6 is 11.3 Å². The summed E-state index contributed by atoms with van der Waals surface area (Å²) in [7, 11) is 0. The van der Waals surface area contributed by atoms with Gasteiger partial charge in [0.1, 0.15) is 6.04 Å². The summed E-state index contributed by atoms with van der Waals surface area (Å²) in [5, 5.41) is 4.85. The summed E-state index contributed by atoms with van der Waals surface area (Å²) in [5.41, 5.74) is 1.80. The van der Waals surface area contributed by atoms with E-state index in [9.17, 15) is 9.59 Å². The van der Waals surface area contributed by atoms with Crippen molar-refractivity contribution in [2.75, 3.05) is 6.54 Å². The predicted octanol–water partition coefficient (Wildman–Crippen LogP) is 2.45. The Morgan fingerprint density at radius 1 is 1.23 bits per heavy atom. The lowest BCUT2D eigenvalue weighted by atomic mass is 10.1. The van der Waals surface area contributed by atoms with E-state index in [2.05, 4.69) is 16.8 Å². The molecule has 5 heteroatoms. The summed E-state index contributed by atoms with van der Waals surface area (Å²) in [6.07, 6.45) is 0.901. The van der Waals surface area contributed by atoms with Gasteiger partial charge >= 0.3 is 0 Å². The van der Waals surface area contributed by atoms with Crippen LogP contribution in [0.5, 0.6) is 0 Å². The van der Waals surface area contributed by atoms with E-state index in [-0.39, 0.29) is 11.8 Å². The number of hydrogen-bond acceptors (Lipinski definition) is 3. The van der Waals surface area contributed by atoms with Crippen molar-refractivity contribution in [3.63, 3.8) is 0 Å². The summed E-state index contributed by atoms with van der Waals surface area (Å²) in [4.78, 5) is 27.8. The molecule has 4 nitrogen and oxygen atoms in total. The Bertz CT molecular complexity index is 681. The summed E-state index contributed by atoms with van der Waals surface area (Å²) >= 11 is 1.75. The zero-order chi connectivity index (χ0) is 15.5. The van der Waals surface area contributed by atoms with Gasteiger partial charge < -0.3 is 10.2 Å². The van der Waals surface area contributed by atoms with Crippen LogP contribution in [0.25, 0.3) is 0 Å². The quantitative estimate of drug-likeness (QED) is 0.946. The highest BCUT2D eigenvalue weighted by Gasteiger charge is 2.26. The van der Waals surface area contributed by atoms with Crippen molar-refractivity contribution in [3.05, 3.63) is 57.8 Å². The van der Waals surface area contributed by atoms with Crippen molar-refractivity contribution >= 4 is 23.2 Å². The molecule has 3 rings (SSSR count). The number of carbonyl (C=O) groups excluding carboxylic acids is 2. The number of carbonyl (C=O) groups is 2. The molecule has 0 unspecified atom stereocenters. The van der Waals surface area contributed by atoms with Crippen LogP contribution in [0.1, 0.15) is 27.7 Å². The molecule has 0 fully saturated rings. The van der Waals surface area contributed by atoms with Crippen molar-refractivity contribution in [1.29, 1.82) is 0 Å². The van der Waals surface area contributed by atoms with Crippen LogP contribution in [-0.4, -0.2) is 29.3 Å². The molecule has 0 saturated carbocycles. The highest BCUT2D eigenvalue weighted by atomic mass is 32.1. The minimum absolute atomic E-state index is 0.0267. The standard InChI is InChI=1S/C17H18N2O2S/c1-12(18-16(20)13-5-3-2-4-6-13)17(21)19-9-7-15-14(11-19)8-10-22-15/h2-6,8,10,12H,7,9,11H2,1H3,(H,18,20)/t12-/m0/s1. The largest absolute Gasteiger partial charge is 0.341 e. The van der Waals surface area contributed by atoms with E-state index in [0.717, 1.165) is 13.0 Å². The van der Waals surface area contributed by atoms with Gasteiger partial charge in [0.15, 0.2) is 0 Å². The lowest BCUT2D eigenvalue weighted by molar-refractivity contribution is -0.133. The van der Waals surface area contributed by atoms with E-state index in [4.69, 9.17) is 0 Å². The molecule has 2 aromatic rings. The van der Waals surface area contributed by atoms with Crippen LogP contribution in [0, 0.1) is 0 Å². The Morgan fingerprint density at radius 3 is 2.77 bits per heavy atom. The lowest BCUT2D eigenvalue weighted by Crippen LogP contribution is -2.48. The van der Waals surface area contributed by atoms with E-state index in [0.29, 0.717) is 12.1 Å². The zero-order valence-electron chi connectivity index (χ0n) is 12.4. The van der Waals surface area contributed by atoms with Crippen LogP contribution in [0.2, 0.25) is 0 Å². The van der Waals surface area contributed by atoms with Gasteiger partial charge in [-0.1, -0.05) is 18.2 Å². The molecular weight excluding hydrogens is 296 g/mol. The summed E-state index contributed by atoms with van der Waals surface area (Å²) in [6, 6.07) is 10.5. The third-order valence-corrected chi connectivity index (χ3v) is 4.90. The number of nitrogens with zero attached hydrogens (tertiary/aromatic N) is 1. The molecule has 0 bridgehead atoms. The van der Waals surface area contributed by atoms with Crippen molar-refractivity contribution in [3.8, 4) is 0 Å². The number of thiophene rings is 1. The van der Waals surface area contributed by atoms with Gasteiger partial charge in [-0.05, 0) is 42.5 Å². The van der Waals surface area contributed by atoms with Crippen LogP contribution in [0.4, 0.5) is 0 Å². The molecule has 2 heterocycles. The topological polar surface area (TPSA) is 49.4 Å². The second-order valence-electron chi connectivity index (χ2n) is 5.44. The van der Waals surface area contributed by atoms with Gasteiger partial charge in [-0.3, -0.25) is 9.59 Å². The maximum absolute atomic E-state index is 12.5. The average molecular weight is 314 g/mol. The molecule has 1 atom stereocenters. The second kappa shape index (κ2) is 6.32. The molecule has 1 aromatic heterocycles. The number of amides is 2. The Morgan fingerprint density at radius 2 is 2.00 bits per heavy atom. The second-order valence-corrected chi connectivity index (χ2v) is 6.44. The minimum Gasteiger partial charge on any atom is -0.341 e. The van der Waals surface area contributed by atoms with E-state index in [1.165, 1.54) is 10.4 Å². The van der Waals surface area contributed by atoms with Gasteiger partial charge in [0.05, 0.1) is 0 Å². The van der Waals surface area contributed by atoms with Gasteiger partial charge in [-0.25, -0.2) is 0 Å². The molecule has 0 radical (unpaired) electrons. The van der Waals surface area contributed by atoms with Gasteiger partial charge in [-0.15, -0.1) is 11.3 Å². The average Bonchev–Trinajstić information content (AvgIpc) is 3.02. The fourth-order valence-corrected chi connectivity index (χ4v) is 3.53. The fourth-order valence-electron chi connectivity index (χ4n) is 2.64. The first-order valence-electron chi connectivity index (χ1n) is 7.35. The number of benzene rings is 1. The first-order valence-corrected chi connectivity index (χ1v) is 8.23. The number of rotatable bonds is 3. The molecular formula is C17H18N2O2S. The first kappa shape index (κ1) is 14.8. The Hall–Kier alpha value is -2.14. The van der Waals surface area contributed by atoms with E-state index < -0.39 is 6.04 Å². The summed E-state index contributed by atoms with van der Waals surface area (Å²) in [6.45, 7) is 3.10. The molecule has 1 aromatic carbocycles. The molecule has 2 amide bonds. The molecule has 0 aliphatic carbocycles. The molecule has 0 saturated heterocycles. The van der Waals surface area contributed by atoms with E-state index >= 15 is 0 Å². The number of hydrogen-bond donors (Lipinski definition) is 1. The van der Waals surface area contributed by atoms with Crippen molar-refractivity contribution in [1.82, 2.24) is 10.2 Å². The highest BCUT2D eigenvalue weighted by molar-refractivity contribution is 7.10. The Kier molecular flexibility index (Phi) is 4.24. The molecule has 114 valence electrons. The van der Waals surface area contributed by atoms with Gasteiger partial charge in [0, 0.05) is 23.5 Å². The Balaban J connectivity index is 1.62. The highest BCUT2D eigenvalue weighted by Crippen LogP contribution is 2.24. The maximum Gasteiger partial charge on any atom is 0.251 e. The Labute approximate surface area is 133 Å². The normalized spacial score (nSPS) is 15.0. The zero-order valence-corrected chi connectivity index (χ0v) is 13.2. The van der Waals surface area contributed by atoms with Crippen molar-refractivity contribution < 1.29 is 9.59 Å². The van der Waals surface area contributed by atoms with Gasteiger partial charge in [0.25, 0.3) is 5.91 Å².